The topological polar surface area (TPSA) is 92.3 Å². The molecule has 4 aromatic heterocycles. The molecule has 1 atom stereocenters. The van der Waals surface area contributed by atoms with Gasteiger partial charge in [0.1, 0.15) is 11.8 Å². The summed E-state index contributed by atoms with van der Waals surface area (Å²) in [5, 5.41) is 5.04. The molecule has 5 aromatic rings. The molecular weight excluding hydrogens is 398 g/mol. The molecule has 7 nitrogen and oxygen atoms in total. The van der Waals surface area contributed by atoms with Gasteiger partial charge in [0.05, 0.1) is 34.3 Å². The van der Waals surface area contributed by atoms with E-state index in [0.29, 0.717) is 22.0 Å². The third kappa shape index (κ3) is 3.23. The van der Waals surface area contributed by atoms with Crippen molar-refractivity contribution in [3.05, 3.63) is 71.4 Å². The Hall–Kier alpha value is -3.58. The molecular formula is C22H18ClN7. The van der Waals surface area contributed by atoms with Gasteiger partial charge >= 0.3 is 0 Å². The number of fused-ring (bicyclic) bond motifs is 2. The van der Waals surface area contributed by atoms with Gasteiger partial charge in [0.15, 0.2) is 11.5 Å². The van der Waals surface area contributed by atoms with E-state index in [9.17, 15) is 0 Å². The molecule has 0 aliphatic heterocycles. The van der Waals surface area contributed by atoms with E-state index in [2.05, 4.69) is 38.2 Å². The Morgan fingerprint density at radius 2 is 1.87 bits per heavy atom. The maximum Gasteiger partial charge on any atom is 0.162 e. The number of benzene rings is 1. The van der Waals surface area contributed by atoms with Gasteiger partial charge in [-0.05, 0) is 38.1 Å². The highest BCUT2D eigenvalue weighted by Gasteiger charge is 2.19. The van der Waals surface area contributed by atoms with Gasteiger partial charge in [0.2, 0.25) is 0 Å². The highest BCUT2D eigenvalue weighted by atomic mass is 35.5. The van der Waals surface area contributed by atoms with Crippen LogP contribution in [0, 0.1) is 6.92 Å². The van der Waals surface area contributed by atoms with Gasteiger partial charge in [0.25, 0.3) is 0 Å². The Labute approximate surface area is 177 Å². The van der Waals surface area contributed by atoms with E-state index in [-0.39, 0.29) is 6.04 Å². The Morgan fingerprint density at radius 1 is 1.00 bits per heavy atom. The summed E-state index contributed by atoms with van der Waals surface area (Å²) in [6.07, 6.45) is 3.12. The minimum absolute atomic E-state index is 0.118. The molecule has 5 rings (SSSR count). The van der Waals surface area contributed by atoms with Crippen LogP contribution in [0.4, 0.5) is 5.82 Å². The molecule has 0 bridgehead atoms. The van der Waals surface area contributed by atoms with Crippen LogP contribution < -0.4 is 5.32 Å². The molecule has 4 heterocycles. The quantitative estimate of drug-likeness (QED) is 0.424. The first kappa shape index (κ1) is 18.4. The summed E-state index contributed by atoms with van der Waals surface area (Å²) in [5.74, 6) is 0.656. The second kappa shape index (κ2) is 7.35. The van der Waals surface area contributed by atoms with Crippen LogP contribution in [0.2, 0.25) is 5.02 Å². The molecule has 2 N–H and O–H groups in total. The zero-order valence-corrected chi connectivity index (χ0v) is 17.1. The minimum Gasteiger partial charge on any atom is -0.362 e. The molecule has 148 valence electrons. The van der Waals surface area contributed by atoms with E-state index < -0.39 is 0 Å². The van der Waals surface area contributed by atoms with Crippen LogP contribution in [0.5, 0.6) is 0 Å². The first-order chi connectivity index (χ1) is 14.6. The number of hydrogen-bond donors (Lipinski definition) is 2. The van der Waals surface area contributed by atoms with Gasteiger partial charge in [-0.2, -0.15) is 0 Å². The monoisotopic (exact) mass is 415 g/mol. The van der Waals surface area contributed by atoms with E-state index in [0.717, 1.165) is 33.5 Å². The fraction of sp³-hybridized carbons (Fsp3) is 0.136. The lowest BCUT2D eigenvalue weighted by Gasteiger charge is -2.19. The average Bonchev–Trinajstić information content (AvgIpc) is 3.23. The van der Waals surface area contributed by atoms with E-state index in [1.54, 1.807) is 6.33 Å². The van der Waals surface area contributed by atoms with Crippen molar-refractivity contribution in [2.45, 2.75) is 19.9 Å². The largest absolute Gasteiger partial charge is 0.362 e. The molecule has 0 fully saturated rings. The number of halogens is 1. The Kier molecular flexibility index (Phi) is 4.52. The number of pyridine rings is 2. The molecule has 0 aliphatic carbocycles. The van der Waals surface area contributed by atoms with Gasteiger partial charge < -0.3 is 10.3 Å². The third-order valence-electron chi connectivity index (χ3n) is 4.99. The van der Waals surface area contributed by atoms with Crippen molar-refractivity contribution in [3.63, 3.8) is 0 Å². The Morgan fingerprint density at radius 3 is 2.73 bits per heavy atom. The highest BCUT2D eigenvalue weighted by molar-refractivity contribution is 6.35. The first-order valence-electron chi connectivity index (χ1n) is 9.54. The summed E-state index contributed by atoms with van der Waals surface area (Å²) < 4.78 is 0. The second-order valence-corrected chi connectivity index (χ2v) is 7.50. The number of H-pyrrole nitrogens is 1. The van der Waals surface area contributed by atoms with Crippen molar-refractivity contribution in [1.82, 2.24) is 29.9 Å². The Bertz CT molecular complexity index is 1380. The summed E-state index contributed by atoms with van der Waals surface area (Å²) in [5.41, 5.74) is 5.63. The van der Waals surface area contributed by atoms with Crippen LogP contribution >= 0.6 is 11.6 Å². The fourth-order valence-electron chi connectivity index (χ4n) is 3.54. The Balaban J connectivity index is 1.66. The molecule has 8 heteroatoms. The standard InChI is InChI=1S/C22H18ClN7/c1-12-5-3-8-17(28-12)19-15(9-14-6-4-7-16(23)18(14)30-19)13(2)29-22-20-21(25-10-24-20)26-11-27-22/h3-11,13H,1-2H3,(H2,24,25,26,27,29)/t13-/m0/s1. The van der Waals surface area contributed by atoms with Crippen molar-refractivity contribution < 1.29 is 0 Å². The molecule has 0 aliphatic rings. The van der Waals surface area contributed by atoms with E-state index in [1.807, 2.05) is 43.3 Å². The van der Waals surface area contributed by atoms with E-state index in [4.69, 9.17) is 21.6 Å². The first-order valence-corrected chi connectivity index (χ1v) is 9.92. The predicted octanol–water partition coefficient (Wildman–Crippen LogP) is 5.10. The van der Waals surface area contributed by atoms with E-state index >= 15 is 0 Å². The molecule has 0 amide bonds. The second-order valence-electron chi connectivity index (χ2n) is 7.09. The summed E-state index contributed by atoms with van der Waals surface area (Å²) in [6.45, 7) is 4.03. The smallest absolute Gasteiger partial charge is 0.162 e. The maximum absolute atomic E-state index is 6.44. The van der Waals surface area contributed by atoms with E-state index in [1.165, 1.54) is 6.33 Å². The molecule has 30 heavy (non-hydrogen) atoms. The van der Waals surface area contributed by atoms with Crippen LogP contribution in [0.3, 0.4) is 0 Å². The van der Waals surface area contributed by atoms with Crippen molar-refractivity contribution in [1.29, 1.82) is 0 Å². The van der Waals surface area contributed by atoms with Crippen LogP contribution in [0.25, 0.3) is 33.5 Å². The van der Waals surface area contributed by atoms with Crippen molar-refractivity contribution >= 4 is 39.5 Å². The molecule has 0 unspecified atom stereocenters. The number of nitrogens with zero attached hydrogens (tertiary/aromatic N) is 5. The molecule has 0 saturated heterocycles. The third-order valence-corrected chi connectivity index (χ3v) is 5.30. The molecule has 1 aromatic carbocycles. The van der Waals surface area contributed by atoms with Crippen LogP contribution in [-0.2, 0) is 0 Å². The highest BCUT2D eigenvalue weighted by Crippen LogP contribution is 2.33. The van der Waals surface area contributed by atoms with Gasteiger partial charge in [0, 0.05) is 16.6 Å². The van der Waals surface area contributed by atoms with Crippen molar-refractivity contribution in [2.75, 3.05) is 5.32 Å². The normalized spacial score (nSPS) is 12.4. The van der Waals surface area contributed by atoms with Gasteiger partial charge in [-0.3, -0.25) is 4.98 Å². The number of aryl methyl sites for hydroxylation is 1. The predicted molar refractivity (Wildman–Crippen MR) is 118 cm³/mol. The van der Waals surface area contributed by atoms with Gasteiger partial charge in [-0.15, -0.1) is 0 Å². The van der Waals surface area contributed by atoms with Crippen molar-refractivity contribution in [3.8, 4) is 11.4 Å². The van der Waals surface area contributed by atoms with Crippen LogP contribution in [-0.4, -0.2) is 29.9 Å². The molecule has 0 saturated carbocycles. The SMILES string of the molecule is Cc1cccc(-c2nc3c(Cl)cccc3cc2[C@H](C)Nc2ncnc3[nH]cnc23)n1. The van der Waals surface area contributed by atoms with Crippen LogP contribution in [0.1, 0.15) is 24.2 Å². The fourth-order valence-corrected chi connectivity index (χ4v) is 3.77. The summed E-state index contributed by atoms with van der Waals surface area (Å²) in [4.78, 5) is 25.5. The zero-order chi connectivity index (χ0) is 20.7. The summed E-state index contributed by atoms with van der Waals surface area (Å²) >= 11 is 6.44. The average molecular weight is 416 g/mol. The number of nitrogens with one attached hydrogen (secondary N) is 2. The van der Waals surface area contributed by atoms with Crippen LogP contribution in [0.15, 0.2) is 55.1 Å². The number of imidazole rings is 1. The number of rotatable bonds is 4. The van der Waals surface area contributed by atoms with Gasteiger partial charge in [-0.1, -0.05) is 29.8 Å². The van der Waals surface area contributed by atoms with Crippen molar-refractivity contribution in [2.24, 2.45) is 0 Å². The minimum atomic E-state index is -0.118. The number of anilines is 1. The molecule has 0 radical (unpaired) electrons. The van der Waals surface area contributed by atoms with Gasteiger partial charge in [-0.25, -0.2) is 19.9 Å². The molecule has 0 spiro atoms. The number of aromatic amines is 1. The summed E-state index contributed by atoms with van der Waals surface area (Å²) in [7, 11) is 0. The number of para-hydroxylation sites is 1. The number of aromatic nitrogens is 6. The summed E-state index contributed by atoms with van der Waals surface area (Å²) in [6, 6.07) is 13.7. The lowest BCUT2D eigenvalue weighted by Crippen LogP contribution is -2.11. The lowest BCUT2D eigenvalue weighted by atomic mass is 10.0. The zero-order valence-electron chi connectivity index (χ0n) is 16.4. The maximum atomic E-state index is 6.44. The number of hydrogen-bond acceptors (Lipinski definition) is 6. The lowest BCUT2D eigenvalue weighted by molar-refractivity contribution is 0.871.